The zero-order valence-electron chi connectivity index (χ0n) is 28.3. The third-order valence-electron chi connectivity index (χ3n) is 11.9. The summed E-state index contributed by atoms with van der Waals surface area (Å²) in [5, 5.41) is 5.64. The molecule has 3 atom stereocenters. The highest BCUT2D eigenvalue weighted by Gasteiger charge is 2.50. The molecule has 12 nitrogen and oxygen atoms in total. The summed E-state index contributed by atoms with van der Waals surface area (Å²) < 4.78 is 53.6. The van der Waals surface area contributed by atoms with Crippen LogP contribution in [0.1, 0.15) is 70.7 Å². The van der Waals surface area contributed by atoms with Crippen molar-refractivity contribution >= 4 is 44.8 Å². The first-order valence-corrected chi connectivity index (χ1v) is 20.4. The zero-order chi connectivity index (χ0) is 35.1. The van der Waals surface area contributed by atoms with Gasteiger partial charge in [-0.1, -0.05) is 35.3 Å². The van der Waals surface area contributed by atoms with Gasteiger partial charge in [0.25, 0.3) is 5.91 Å². The maximum atomic E-state index is 14.6. The fraction of sp³-hybridized carbons (Fsp3) is 0.600. The summed E-state index contributed by atoms with van der Waals surface area (Å²) in [6.07, 6.45) is 4.31. The molecule has 5 aliphatic heterocycles. The third-order valence-corrected chi connectivity index (χ3v) is 14.2. The number of amides is 1. The fourth-order valence-electron chi connectivity index (χ4n) is 9.19. The molecule has 0 bridgehead atoms. The Labute approximate surface area is 306 Å². The van der Waals surface area contributed by atoms with Crippen LogP contribution in [0.3, 0.4) is 0 Å². The molecule has 7 heterocycles. The van der Waals surface area contributed by atoms with Gasteiger partial charge in [0.2, 0.25) is 0 Å². The largest absolute Gasteiger partial charge is 0.461 e. The molecule has 1 aliphatic carbocycles. The summed E-state index contributed by atoms with van der Waals surface area (Å²) in [5.74, 6) is 0.174. The molecular formula is C35H40Cl2FN7O5S. The number of fused-ring (bicyclic) bond motifs is 5. The van der Waals surface area contributed by atoms with Crippen LogP contribution in [0.4, 0.5) is 10.2 Å². The zero-order valence-corrected chi connectivity index (χ0v) is 30.6. The smallest absolute Gasteiger partial charge is 0.318 e. The van der Waals surface area contributed by atoms with Gasteiger partial charge < -0.3 is 19.3 Å². The number of anilines is 1. The number of alkyl halides is 1. The Morgan fingerprint density at radius 2 is 1.90 bits per heavy atom. The average molecular weight is 761 g/mol. The van der Waals surface area contributed by atoms with Crippen LogP contribution < -0.4 is 9.64 Å². The molecule has 3 aromatic rings. The van der Waals surface area contributed by atoms with E-state index >= 15 is 0 Å². The van der Waals surface area contributed by atoms with Crippen molar-refractivity contribution in [2.24, 2.45) is 0 Å². The van der Waals surface area contributed by atoms with Crippen LogP contribution in [-0.4, -0.2) is 106 Å². The predicted octanol–water partition coefficient (Wildman–Crippen LogP) is 4.13. The van der Waals surface area contributed by atoms with E-state index in [4.69, 9.17) is 42.6 Å². The minimum absolute atomic E-state index is 0.0730. The van der Waals surface area contributed by atoms with Crippen LogP contribution in [0.2, 0.25) is 10.0 Å². The van der Waals surface area contributed by atoms with E-state index in [-0.39, 0.29) is 52.8 Å². The van der Waals surface area contributed by atoms with Gasteiger partial charge in [-0.15, -0.1) is 0 Å². The summed E-state index contributed by atoms with van der Waals surface area (Å²) in [6.45, 7) is 3.66. The highest BCUT2D eigenvalue weighted by Crippen LogP contribution is 2.49. The molecule has 0 radical (unpaired) electrons. The number of nitrogens with zero attached hydrogens (tertiary/aromatic N) is 7. The molecular weight excluding hydrogens is 720 g/mol. The Kier molecular flexibility index (Phi) is 8.30. The summed E-state index contributed by atoms with van der Waals surface area (Å²) in [4.78, 5) is 29.4. The highest BCUT2D eigenvalue weighted by molar-refractivity contribution is 7.91. The molecule has 272 valence electrons. The van der Waals surface area contributed by atoms with Gasteiger partial charge in [-0.05, 0) is 55.8 Å². The van der Waals surface area contributed by atoms with Crippen molar-refractivity contribution in [3.05, 3.63) is 62.0 Å². The van der Waals surface area contributed by atoms with Crippen LogP contribution in [0, 0.1) is 0 Å². The van der Waals surface area contributed by atoms with Crippen LogP contribution in [0.15, 0.2) is 18.2 Å². The summed E-state index contributed by atoms with van der Waals surface area (Å²) in [5.41, 5.74) is 3.84. The molecule has 16 heteroatoms. The molecule has 1 aromatic carbocycles. The topological polar surface area (TPSA) is 123 Å². The second-order valence-electron chi connectivity index (χ2n) is 14.9. The van der Waals surface area contributed by atoms with Crippen molar-refractivity contribution in [2.45, 2.75) is 82.0 Å². The van der Waals surface area contributed by atoms with Crippen molar-refractivity contribution in [3.63, 3.8) is 0 Å². The maximum Gasteiger partial charge on any atom is 0.318 e. The summed E-state index contributed by atoms with van der Waals surface area (Å²) >= 11 is 13.6. The molecule has 51 heavy (non-hydrogen) atoms. The number of aromatic nitrogens is 4. The number of aryl methyl sites for hydroxylation is 1. The number of sulfone groups is 1. The Morgan fingerprint density at radius 3 is 2.75 bits per heavy atom. The van der Waals surface area contributed by atoms with Crippen molar-refractivity contribution in [1.82, 2.24) is 29.5 Å². The van der Waals surface area contributed by atoms with Crippen molar-refractivity contribution in [3.8, 4) is 6.01 Å². The van der Waals surface area contributed by atoms with Gasteiger partial charge in [-0.25, -0.2) is 12.8 Å². The molecule has 9 rings (SSSR count). The Balaban J connectivity index is 1.05. The minimum atomic E-state index is -3.15. The van der Waals surface area contributed by atoms with Gasteiger partial charge in [-0.2, -0.15) is 15.1 Å². The number of hydrogen-bond acceptors (Lipinski definition) is 10. The summed E-state index contributed by atoms with van der Waals surface area (Å²) in [6, 6.07) is 6.24. The van der Waals surface area contributed by atoms with Crippen LogP contribution in [0.5, 0.6) is 6.01 Å². The average Bonchev–Trinajstić information content (AvgIpc) is 3.79. The Morgan fingerprint density at radius 1 is 1.06 bits per heavy atom. The third kappa shape index (κ3) is 5.80. The number of carbonyl (C=O) groups is 1. The monoisotopic (exact) mass is 759 g/mol. The first-order valence-electron chi connectivity index (χ1n) is 17.9. The van der Waals surface area contributed by atoms with Gasteiger partial charge in [0.15, 0.2) is 15.5 Å². The van der Waals surface area contributed by atoms with E-state index in [2.05, 4.69) is 21.0 Å². The molecule has 3 saturated heterocycles. The van der Waals surface area contributed by atoms with Gasteiger partial charge >= 0.3 is 6.01 Å². The lowest BCUT2D eigenvalue weighted by Crippen LogP contribution is -2.44. The number of halogens is 3. The van der Waals surface area contributed by atoms with Gasteiger partial charge in [-0.3, -0.25) is 14.4 Å². The Bertz CT molecular complexity index is 2020. The van der Waals surface area contributed by atoms with Crippen molar-refractivity contribution in [1.29, 1.82) is 0 Å². The number of ether oxygens (including phenoxy) is 2. The second kappa shape index (κ2) is 12.5. The SMILES string of the molecule is O=C(c1nn2c(c1Cl)CN(c1nc(OC[C@@]34CCCN3C[C@H](F)C4)nc3c1CO[C@@]1(CCc4c(Cl)cccc41)C3)CCC2)N1CCS(=O)(=O)CC1. The standard InChI is InChI=1S/C35H40Cl2FN7O5S/c36-26-5-1-4-25-23(26)6-8-35(25)17-27-24(20-50-35)31(40-33(39-27)49-21-34-7-2-10-44(34)18-22(38)16-34)43-9-3-11-45-28(19-43)29(37)30(41-45)32(46)42-12-14-51(47,48)15-13-42/h1,4-5,22H,2-3,6-21H2/t22-,34+,35+/m1/s1. The maximum absolute atomic E-state index is 14.6. The van der Waals surface area contributed by atoms with E-state index < -0.39 is 21.6 Å². The molecule has 3 fully saturated rings. The lowest BCUT2D eigenvalue weighted by atomic mass is 9.87. The van der Waals surface area contributed by atoms with Crippen LogP contribution >= 0.6 is 23.2 Å². The molecule has 2 aromatic heterocycles. The molecule has 6 aliphatic rings. The second-order valence-corrected chi connectivity index (χ2v) is 18.0. The molecule has 1 amide bonds. The first-order chi connectivity index (χ1) is 24.5. The molecule has 0 saturated carbocycles. The van der Waals surface area contributed by atoms with Crippen LogP contribution in [0.25, 0.3) is 0 Å². The number of rotatable bonds is 5. The first kappa shape index (κ1) is 33.8. The van der Waals surface area contributed by atoms with E-state index in [9.17, 15) is 17.6 Å². The fourth-order valence-corrected chi connectivity index (χ4v) is 10.9. The molecule has 0 N–H and O–H groups in total. The number of benzene rings is 1. The quantitative estimate of drug-likeness (QED) is 0.376. The van der Waals surface area contributed by atoms with Crippen LogP contribution in [-0.2, 0) is 52.7 Å². The van der Waals surface area contributed by atoms with Crippen molar-refractivity contribution < 1.29 is 27.1 Å². The highest BCUT2D eigenvalue weighted by atomic mass is 35.5. The van der Waals surface area contributed by atoms with Crippen molar-refractivity contribution in [2.75, 3.05) is 55.7 Å². The van der Waals surface area contributed by atoms with E-state index in [0.29, 0.717) is 70.2 Å². The van der Waals surface area contributed by atoms with Gasteiger partial charge in [0, 0.05) is 56.2 Å². The number of hydrogen-bond donors (Lipinski definition) is 0. The number of carbonyl (C=O) groups excluding carboxylic acids is 1. The molecule has 0 unspecified atom stereocenters. The predicted molar refractivity (Wildman–Crippen MR) is 188 cm³/mol. The van der Waals surface area contributed by atoms with E-state index in [1.54, 1.807) is 4.68 Å². The lowest BCUT2D eigenvalue weighted by Gasteiger charge is -2.37. The van der Waals surface area contributed by atoms with E-state index in [0.717, 1.165) is 59.6 Å². The normalized spacial score (nSPS) is 28.3. The minimum Gasteiger partial charge on any atom is -0.461 e. The Hall–Kier alpha value is -3.04. The van der Waals surface area contributed by atoms with Gasteiger partial charge in [0.1, 0.15) is 18.6 Å². The van der Waals surface area contributed by atoms with E-state index in [1.807, 2.05) is 12.1 Å². The van der Waals surface area contributed by atoms with Gasteiger partial charge in [0.05, 0.1) is 52.2 Å². The summed E-state index contributed by atoms with van der Waals surface area (Å²) in [7, 11) is -3.15. The lowest BCUT2D eigenvalue weighted by molar-refractivity contribution is -0.0730. The molecule has 1 spiro atoms. The van der Waals surface area contributed by atoms with E-state index in [1.165, 1.54) is 4.90 Å².